The maximum absolute atomic E-state index is 12.3. The Kier molecular flexibility index (Phi) is 5.20. The second-order valence-electron chi connectivity index (χ2n) is 6.57. The minimum atomic E-state index is -0.201. The van der Waals surface area contributed by atoms with E-state index in [1.54, 1.807) is 11.6 Å². The van der Waals surface area contributed by atoms with E-state index >= 15 is 0 Å². The monoisotopic (exact) mass is 357 g/mol. The lowest BCUT2D eigenvalue weighted by Crippen LogP contribution is -2.33. The summed E-state index contributed by atoms with van der Waals surface area (Å²) in [4.78, 5) is 28.8. The number of rotatable bonds is 7. The predicted molar refractivity (Wildman–Crippen MR) is 96.9 cm³/mol. The Hall–Kier alpha value is -2.90. The van der Waals surface area contributed by atoms with E-state index in [-0.39, 0.29) is 24.1 Å². The third kappa shape index (κ3) is 3.68. The maximum atomic E-state index is 12.3. The number of aromatic nitrogens is 4. The van der Waals surface area contributed by atoms with Crippen LogP contribution < -0.4 is 11.0 Å². The van der Waals surface area contributed by atoms with Crippen LogP contribution in [0.15, 0.2) is 33.6 Å². The summed E-state index contributed by atoms with van der Waals surface area (Å²) in [7, 11) is 1.70. The van der Waals surface area contributed by atoms with Crippen molar-refractivity contribution in [2.24, 2.45) is 7.05 Å². The Morgan fingerprint density at radius 2 is 2.00 bits per heavy atom. The molecule has 2 heterocycles. The quantitative estimate of drug-likeness (QED) is 0.648. The number of fused-ring (bicyclic) bond motifs is 1. The van der Waals surface area contributed by atoms with Crippen LogP contribution in [0.25, 0.3) is 11.0 Å². The number of nitrogens with zero attached hydrogens (tertiary/aromatic N) is 4. The second-order valence-corrected chi connectivity index (χ2v) is 6.57. The minimum absolute atomic E-state index is 0.00174. The smallest absolute Gasteiger partial charge is 0.329 e. The number of hydrogen-bond donors (Lipinski definition) is 1. The first-order chi connectivity index (χ1) is 12.5. The van der Waals surface area contributed by atoms with Crippen molar-refractivity contribution in [2.75, 3.05) is 6.54 Å². The molecular formula is C18H23N5O3. The Bertz CT molecular complexity index is 967. The van der Waals surface area contributed by atoms with Crippen molar-refractivity contribution >= 4 is 16.9 Å². The molecular weight excluding hydrogens is 334 g/mol. The zero-order valence-corrected chi connectivity index (χ0v) is 15.2. The molecule has 1 aromatic carbocycles. The van der Waals surface area contributed by atoms with Crippen LogP contribution in [0, 0.1) is 0 Å². The van der Waals surface area contributed by atoms with Crippen molar-refractivity contribution in [2.45, 2.75) is 39.2 Å². The van der Waals surface area contributed by atoms with Gasteiger partial charge in [0.2, 0.25) is 11.8 Å². The van der Waals surface area contributed by atoms with Gasteiger partial charge in [-0.05, 0) is 18.6 Å². The van der Waals surface area contributed by atoms with Crippen LogP contribution in [0.3, 0.4) is 0 Å². The van der Waals surface area contributed by atoms with E-state index in [0.717, 1.165) is 11.0 Å². The van der Waals surface area contributed by atoms with Crippen molar-refractivity contribution in [1.29, 1.82) is 0 Å². The fourth-order valence-corrected chi connectivity index (χ4v) is 2.79. The number of aryl methyl sites for hydroxylation is 2. The van der Waals surface area contributed by atoms with Gasteiger partial charge in [-0.25, -0.2) is 4.79 Å². The molecule has 0 aliphatic rings. The fourth-order valence-electron chi connectivity index (χ4n) is 2.79. The highest BCUT2D eigenvalue weighted by atomic mass is 16.5. The van der Waals surface area contributed by atoms with Gasteiger partial charge < -0.3 is 9.84 Å². The summed E-state index contributed by atoms with van der Waals surface area (Å²) in [5.41, 5.74) is 1.36. The molecule has 1 N–H and O–H groups in total. The molecule has 0 aliphatic heterocycles. The van der Waals surface area contributed by atoms with E-state index in [0.29, 0.717) is 31.1 Å². The van der Waals surface area contributed by atoms with Crippen LogP contribution in [0.4, 0.5) is 0 Å². The molecule has 8 nitrogen and oxygen atoms in total. The molecule has 0 unspecified atom stereocenters. The van der Waals surface area contributed by atoms with Crippen molar-refractivity contribution in [3.63, 3.8) is 0 Å². The van der Waals surface area contributed by atoms with Gasteiger partial charge in [0.15, 0.2) is 5.82 Å². The molecule has 0 spiro atoms. The van der Waals surface area contributed by atoms with Gasteiger partial charge in [-0.2, -0.15) is 4.98 Å². The molecule has 0 atom stereocenters. The first-order valence-corrected chi connectivity index (χ1v) is 8.71. The number of carbonyl (C=O) groups excluding carboxylic acids is 1. The molecule has 1 amide bonds. The Balaban J connectivity index is 1.53. The standard InChI is InChI=1S/C18H23N5O3/c1-12(2)17-20-16(26-21-17)9-6-10-19-15(24)11-23-14-8-5-4-7-13(14)22(3)18(23)25/h4-5,7-8,12H,6,9-11H2,1-3H3,(H,19,24). The molecule has 0 fully saturated rings. The molecule has 0 saturated heterocycles. The molecule has 0 radical (unpaired) electrons. The van der Waals surface area contributed by atoms with Crippen LogP contribution in [0.2, 0.25) is 0 Å². The lowest BCUT2D eigenvalue weighted by atomic mass is 10.2. The number of para-hydroxylation sites is 2. The molecule has 3 rings (SSSR count). The number of nitrogens with one attached hydrogen (secondary N) is 1. The van der Waals surface area contributed by atoms with Gasteiger partial charge in [0.05, 0.1) is 11.0 Å². The summed E-state index contributed by atoms with van der Waals surface area (Å²) in [5.74, 6) is 1.30. The molecule has 2 aromatic heterocycles. The highest BCUT2D eigenvalue weighted by Gasteiger charge is 2.13. The van der Waals surface area contributed by atoms with Gasteiger partial charge >= 0.3 is 5.69 Å². The molecule has 26 heavy (non-hydrogen) atoms. The van der Waals surface area contributed by atoms with Crippen LogP contribution >= 0.6 is 0 Å². The molecule has 3 aromatic rings. The molecule has 0 saturated carbocycles. The van der Waals surface area contributed by atoms with E-state index in [4.69, 9.17) is 4.52 Å². The zero-order chi connectivity index (χ0) is 18.7. The van der Waals surface area contributed by atoms with Gasteiger partial charge in [0, 0.05) is 25.9 Å². The van der Waals surface area contributed by atoms with Crippen molar-refractivity contribution < 1.29 is 9.32 Å². The number of carbonyl (C=O) groups is 1. The Morgan fingerprint density at radius 3 is 2.69 bits per heavy atom. The first kappa shape index (κ1) is 17.9. The molecule has 8 heteroatoms. The summed E-state index contributed by atoms with van der Waals surface area (Å²) in [6.07, 6.45) is 1.30. The number of amides is 1. The van der Waals surface area contributed by atoms with Gasteiger partial charge in [-0.1, -0.05) is 31.1 Å². The summed E-state index contributed by atoms with van der Waals surface area (Å²) < 4.78 is 8.20. The Labute approximate surface area is 150 Å². The molecule has 0 bridgehead atoms. The summed E-state index contributed by atoms with van der Waals surface area (Å²) in [5, 5.41) is 6.75. The average molecular weight is 357 g/mol. The van der Waals surface area contributed by atoms with E-state index in [1.807, 2.05) is 38.1 Å². The first-order valence-electron chi connectivity index (χ1n) is 8.71. The SMILES string of the molecule is CC(C)c1noc(CCCNC(=O)Cn2c(=O)n(C)c3ccccc32)n1. The lowest BCUT2D eigenvalue weighted by Gasteiger charge is -2.05. The van der Waals surface area contributed by atoms with Gasteiger partial charge in [0.25, 0.3) is 0 Å². The molecule has 138 valence electrons. The van der Waals surface area contributed by atoms with E-state index in [9.17, 15) is 9.59 Å². The maximum Gasteiger partial charge on any atom is 0.329 e. The Morgan fingerprint density at radius 1 is 1.27 bits per heavy atom. The number of benzene rings is 1. The third-order valence-corrected chi connectivity index (χ3v) is 4.24. The highest BCUT2D eigenvalue weighted by Crippen LogP contribution is 2.11. The van der Waals surface area contributed by atoms with E-state index in [2.05, 4.69) is 15.5 Å². The van der Waals surface area contributed by atoms with Gasteiger partial charge in [0.1, 0.15) is 6.54 Å². The fraction of sp³-hybridized carbons (Fsp3) is 0.444. The van der Waals surface area contributed by atoms with E-state index < -0.39 is 0 Å². The van der Waals surface area contributed by atoms with Gasteiger partial charge in [-0.15, -0.1) is 0 Å². The summed E-state index contributed by atoms with van der Waals surface area (Å²) >= 11 is 0. The van der Waals surface area contributed by atoms with Crippen LogP contribution in [0.5, 0.6) is 0 Å². The largest absolute Gasteiger partial charge is 0.355 e. The lowest BCUT2D eigenvalue weighted by molar-refractivity contribution is -0.121. The zero-order valence-electron chi connectivity index (χ0n) is 15.2. The predicted octanol–water partition coefficient (Wildman–Crippen LogP) is 1.60. The second kappa shape index (κ2) is 7.55. The highest BCUT2D eigenvalue weighted by molar-refractivity contribution is 5.80. The topological polar surface area (TPSA) is 95.0 Å². The van der Waals surface area contributed by atoms with Crippen LogP contribution in [-0.4, -0.2) is 31.7 Å². The van der Waals surface area contributed by atoms with Crippen LogP contribution in [0.1, 0.15) is 37.9 Å². The third-order valence-electron chi connectivity index (χ3n) is 4.24. The minimum Gasteiger partial charge on any atom is -0.355 e. The number of imidazole rings is 1. The van der Waals surface area contributed by atoms with Crippen molar-refractivity contribution in [1.82, 2.24) is 24.6 Å². The normalized spacial score (nSPS) is 11.4. The van der Waals surface area contributed by atoms with Crippen molar-refractivity contribution in [3.8, 4) is 0 Å². The van der Waals surface area contributed by atoms with Gasteiger partial charge in [-0.3, -0.25) is 13.9 Å². The van der Waals surface area contributed by atoms with E-state index in [1.165, 1.54) is 4.57 Å². The summed E-state index contributed by atoms with van der Waals surface area (Å²) in [6.45, 7) is 4.49. The summed E-state index contributed by atoms with van der Waals surface area (Å²) in [6, 6.07) is 7.42. The average Bonchev–Trinajstić information content (AvgIpc) is 3.19. The van der Waals surface area contributed by atoms with Crippen molar-refractivity contribution in [3.05, 3.63) is 46.5 Å². The van der Waals surface area contributed by atoms with Crippen LogP contribution in [-0.2, 0) is 24.8 Å². The number of hydrogen-bond acceptors (Lipinski definition) is 5. The molecule has 0 aliphatic carbocycles.